The van der Waals surface area contributed by atoms with Gasteiger partial charge < -0.3 is 19.7 Å². The SMILES string of the molecule is Cc1[nH][nH]c(=O)c1CCC(=O)N/N=C\c1ccccc1OCC(=O)[O-]. The molecular weight excluding hydrogens is 328 g/mol. The number of carbonyl (C=O) groups is 2. The van der Waals surface area contributed by atoms with Crippen molar-refractivity contribution in [1.82, 2.24) is 15.6 Å². The smallest absolute Gasteiger partial charge is 0.267 e. The van der Waals surface area contributed by atoms with Crippen molar-refractivity contribution in [2.75, 3.05) is 6.61 Å². The first-order chi connectivity index (χ1) is 12.0. The first-order valence-corrected chi connectivity index (χ1v) is 7.47. The van der Waals surface area contributed by atoms with Crippen molar-refractivity contribution < 1.29 is 19.4 Å². The summed E-state index contributed by atoms with van der Waals surface area (Å²) in [5, 5.41) is 19.4. The number of rotatable bonds is 8. The highest BCUT2D eigenvalue weighted by Crippen LogP contribution is 2.15. The van der Waals surface area contributed by atoms with Gasteiger partial charge in [0.2, 0.25) is 5.91 Å². The molecule has 2 aromatic rings. The molecule has 2 rings (SSSR count). The number of aromatic nitrogens is 2. The zero-order valence-corrected chi connectivity index (χ0v) is 13.5. The highest BCUT2D eigenvalue weighted by atomic mass is 16.5. The predicted octanol–water partition coefficient (Wildman–Crippen LogP) is -0.777. The van der Waals surface area contributed by atoms with Gasteiger partial charge in [0.1, 0.15) is 12.4 Å². The number of benzene rings is 1. The number of para-hydroxylation sites is 1. The van der Waals surface area contributed by atoms with E-state index in [9.17, 15) is 19.5 Å². The Morgan fingerprint density at radius 1 is 1.32 bits per heavy atom. The van der Waals surface area contributed by atoms with Gasteiger partial charge in [-0.2, -0.15) is 5.10 Å². The fraction of sp³-hybridized carbons (Fsp3) is 0.250. The minimum Gasteiger partial charge on any atom is -0.546 e. The highest BCUT2D eigenvalue weighted by Gasteiger charge is 2.08. The van der Waals surface area contributed by atoms with Crippen LogP contribution < -0.4 is 20.8 Å². The van der Waals surface area contributed by atoms with Crippen LogP contribution in [0, 0.1) is 6.92 Å². The van der Waals surface area contributed by atoms with Gasteiger partial charge in [0.05, 0.1) is 12.2 Å². The van der Waals surface area contributed by atoms with E-state index in [0.29, 0.717) is 22.6 Å². The van der Waals surface area contributed by atoms with Crippen molar-refractivity contribution in [1.29, 1.82) is 0 Å². The number of aliphatic carboxylic acids is 1. The normalized spacial score (nSPS) is 10.8. The number of aromatic amines is 2. The molecule has 0 saturated heterocycles. The van der Waals surface area contributed by atoms with Gasteiger partial charge in [-0.25, -0.2) is 5.43 Å². The topological polar surface area (TPSA) is 139 Å². The average molecular weight is 345 g/mol. The van der Waals surface area contributed by atoms with E-state index < -0.39 is 12.6 Å². The Hall–Kier alpha value is -3.36. The third-order valence-electron chi connectivity index (χ3n) is 3.35. The summed E-state index contributed by atoms with van der Waals surface area (Å²) in [6.45, 7) is 1.16. The second-order valence-electron chi connectivity index (χ2n) is 5.17. The highest BCUT2D eigenvalue weighted by molar-refractivity contribution is 5.85. The zero-order chi connectivity index (χ0) is 18.2. The number of hydrazone groups is 1. The fourth-order valence-electron chi connectivity index (χ4n) is 2.10. The number of carbonyl (C=O) groups excluding carboxylic acids is 2. The van der Waals surface area contributed by atoms with Crippen molar-refractivity contribution in [3.63, 3.8) is 0 Å². The number of hydrogen-bond acceptors (Lipinski definition) is 6. The summed E-state index contributed by atoms with van der Waals surface area (Å²) >= 11 is 0. The molecule has 25 heavy (non-hydrogen) atoms. The third kappa shape index (κ3) is 5.34. The van der Waals surface area contributed by atoms with Gasteiger partial charge in [-0.1, -0.05) is 12.1 Å². The maximum atomic E-state index is 11.8. The molecule has 0 radical (unpaired) electrons. The standard InChI is InChI=1S/C16H18N4O5/c1-10-12(16(24)20-18-10)6-7-14(21)19-17-8-11-4-2-3-5-13(11)25-9-15(22)23/h2-5,8H,6-7,9H2,1H3,(H,19,21)(H,22,23)(H2,18,20,24)/p-1/b17-8-. The molecule has 0 saturated carbocycles. The Bertz CT molecular complexity index is 837. The van der Waals surface area contributed by atoms with Crippen LogP contribution in [-0.4, -0.2) is 34.9 Å². The molecule has 0 aliphatic rings. The largest absolute Gasteiger partial charge is 0.546 e. The lowest BCUT2D eigenvalue weighted by atomic mass is 10.1. The van der Waals surface area contributed by atoms with Crippen LogP contribution in [0.5, 0.6) is 5.75 Å². The molecule has 1 aromatic heterocycles. The molecule has 132 valence electrons. The first kappa shape index (κ1) is 18.0. The molecule has 9 nitrogen and oxygen atoms in total. The molecule has 0 unspecified atom stereocenters. The molecule has 0 spiro atoms. The lowest BCUT2D eigenvalue weighted by molar-refractivity contribution is -0.307. The molecule has 0 aliphatic carbocycles. The van der Waals surface area contributed by atoms with E-state index >= 15 is 0 Å². The maximum absolute atomic E-state index is 11.8. The third-order valence-corrected chi connectivity index (χ3v) is 3.35. The number of aryl methyl sites for hydroxylation is 1. The minimum absolute atomic E-state index is 0.0992. The molecule has 0 atom stereocenters. The fourth-order valence-corrected chi connectivity index (χ4v) is 2.10. The Kier molecular flexibility index (Phi) is 6.10. The summed E-state index contributed by atoms with van der Waals surface area (Å²) in [4.78, 5) is 33.7. The van der Waals surface area contributed by atoms with Crippen molar-refractivity contribution >= 4 is 18.1 Å². The van der Waals surface area contributed by atoms with Gasteiger partial charge in [-0.05, 0) is 25.5 Å². The monoisotopic (exact) mass is 345 g/mol. The van der Waals surface area contributed by atoms with E-state index in [-0.39, 0.29) is 24.3 Å². The zero-order valence-electron chi connectivity index (χ0n) is 13.5. The van der Waals surface area contributed by atoms with E-state index in [1.807, 2.05) is 0 Å². The van der Waals surface area contributed by atoms with Crippen LogP contribution in [-0.2, 0) is 16.0 Å². The molecule has 1 aromatic carbocycles. The van der Waals surface area contributed by atoms with Crippen molar-refractivity contribution in [2.24, 2.45) is 5.10 Å². The Balaban J connectivity index is 1.89. The molecule has 9 heteroatoms. The summed E-state index contributed by atoms with van der Waals surface area (Å²) in [7, 11) is 0. The summed E-state index contributed by atoms with van der Waals surface area (Å²) < 4.78 is 5.07. The van der Waals surface area contributed by atoms with E-state index in [2.05, 4.69) is 20.7 Å². The molecule has 0 bridgehead atoms. The number of nitrogens with zero attached hydrogens (tertiary/aromatic N) is 1. The number of ether oxygens (including phenoxy) is 1. The van der Waals surface area contributed by atoms with Crippen molar-refractivity contribution in [3.8, 4) is 5.75 Å². The molecule has 0 fully saturated rings. The van der Waals surface area contributed by atoms with Crippen molar-refractivity contribution in [3.05, 3.63) is 51.4 Å². The number of nitrogens with one attached hydrogen (secondary N) is 3. The van der Waals surface area contributed by atoms with E-state index in [4.69, 9.17) is 4.74 Å². The van der Waals surface area contributed by atoms with Gasteiger partial charge >= 0.3 is 0 Å². The van der Waals surface area contributed by atoms with Crippen LogP contribution in [0.15, 0.2) is 34.2 Å². The molecular formula is C16H17N4O5-. The van der Waals surface area contributed by atoms with Gasteiger partial charge in [0, 0.05) is 23.2 Å². The summed E-state index contributed by atoms with van der Waals surface area (Å²) in [5.74, 6) is -1.39. The minimum atomic E-state index is -1.34. The average Bonchev–Trinajstić information content (AvgIpc) is 2.90. The number of H-pyrrole nitrogens is 2. The summed E-state index contributed by atoms with van der Waals surface area (Å²) in [5.41, 5.74) is 3.83. The van der Waals surface area contributed by atoms with E-state index in [1.54, 1.807) is 31.2 Å². The number of carboxylic acids is 1. The number of carboxylic acid groups (broad SMARTS) is 1. The van der Waals surface area contributed by atoms with Gasteiger partial charge in [0.15, 0.2) is 0 Å². The van der Waals surface area contributed by atoms with Crippen LogP contribution in [0.1, 0.15) is 23.2 Å². The molecule has 0 aliphatic heterocycles. The second kappa shape index (κ2) is 8.48. The van der Waals surface area contributed by atoms with Crippen LogP contribution in [0.3, 0.4) is 0 Å². The quantitative estimate of drug-likeness (QED) is 0.425. The molecule has 1 heterocycles. The van der Waals surface area contributed by atoms with E-state index in [0.717, 1.165) is 0 Å². The van der Waals surface area contributed by atoms with Crippen LogP contribution in [0.2, 0.25) is 0 Å². The summed E-state index contributed by atoms with van der Waals surface area (Å²) in [6.07, 6.45) is 1.73. The molecule has 1 amide bonds. The number of amides is 1. The first-order valence-electron chi connectivity index (χ1n) is 7.47. The van der Waals surface area contributed by atoms with Crippen LogP contribution >= 0.6 is 0 Å². The van der Waals surface area contributed by atoms with Crippen molar-refractivity contribution in [2.45, 2.75) is 19.8 Å². The maximum Gasteiger partial charge on any atom is 0.267 e. The van der Waals surface area contributed by atoms with Crippen LogP contribution in [0.4, 0.5) is 0 Å². The lowest BCUT2D eigenvalue weighted by Crippen LogP contribution is -2.29. The predicted molar refractivity (Wildman–Crippen MR) is 87.2 cm³/mol. The second-order valence-corrected chi connectivity index (χ2v) is 5.17. The Morgan fingerprint density at radius 2 is 2.08 bits per heavy atom. The Labute approximate surface area is 142 Å². The molecule has 3 N–H and O–H groups in total. The Morgan fingerprint density at radius 3 is 2.76 bits per heavy atom. The van der Waals surface area contributed by atoms with E-state index in [1.165, 1.54) is 6.21 Å². The van der Waals surface area contributed by atoms with Gasteiger partial charge in [-0.15, -0.1) is 0 Å². The van der Waals surface area contributed by atoms with Gasteiger partial charge in [0.25, 0.3) is 5.56 Å². The summed E-state index contributed by atoms with van der Waals surface area (Å²) in [6, 6.07) is 6.63. The number of hydrogen-bond donors (Lipinski definition) is 3. The lowest BCUT2D eigenvalue weighted by Gasteiger charge is -2.08. The van der Waals surface area contributed by atoms with Crippen LogP contribution in [0.25, 0.3) is 0 Å². The van der Waals surface area contributed by atoms with Gasteiger partial charge in [-0.3, -0.25) is 14.7 Å².